The standard InChI is InChI=1S/C14H19O4PS/c1-10(2)12(14(3,17)13(15)16)19(18)9-20-11-7-5-4-6-8-11/h4-8,10,12,17H,9H2,1-3H3/p+1. The minimum Gasteiger partial charge on any atom is -0.479 e. The van der Waals surface area contributed by atoms with Crippen molar-refractivity contribution in [3.8, 4) is 0 Å². The zero-order chi connectivity index (χ0) is 15.3. The molecule has 0 heterocycles. The van der Waals surface area contributed by atoms with Crippen LogP contribution in [-0.2, 0) is 9.36 Å². The van der Waals surface area contributed by atoms with Gasteiger partial charge in [-0.05, 0) is 19.1 Å². The molecule has 20 heavy (non-hydrogen) atoms. The SMILES string of the molecule is CC(C)C([P+](=O)CSc1ccccc1)C(C)(O)C(=O)O. The van der Waals surface area contributed by atoms with Crippen LogP contribution in [-0.4, -0.2) is 32.9 Å². The summed E-state index contributed by atoms with van der Waals surface area (Å²) in [6, 6.07) is 9.50. The average molecular weight is 315 g/mol. The highest BCUT2D eigenvalue weighted by atomic mass is 32.2. The number of aliphatic carboxylic acids is 1. The zero-order valence-electron chi connectivity index (χ0n) is 11.8. The van der Waals surface area contributed by atoms with Gasteiger partial charge in [-0.3, -0.25) is 0 Å². The van der Waals surface area contributed by atoms with E-state index in [1.54, 1.807) is 13.8 Å². The summed E-state index contributed by atoms with van der Waals surface area (Å²) in [7, 11) is -1.85. The Morgan fingerprint density at radius 1 is 1.35 bits per heavy atom. The topological polar surface area (TPSA) is 74.6 Å². The van der Waals surface area contributed by atoms with Crippen molar-refractivity contribution in [3.63, 3.8) is 0 Å². The quantitative estimate of drug-likeness (QED) is 0.595. The number of rotatable bonds is 7. The van der Waals surface area contributed by atoms with E-state index in [9.17, 15) is 14.5 Å². The average Bonchev–Trinajstić information content (AvgIpc) is 2.36. The number of hydrogen-bond acceptors (Lipinski definition) is 4. The summed E-state index contributed by atoms with van der Waals surface area (Å²) in [6.45, 7) is 4.78. The van der Waals surface area contributed by atoms with Crippen molar-refractivity contribution in [2.24, 2.45) is 5.92 Å². The van der Waals surface area contributed by atoms with Gasteiger partial charge in [0.1, 0.15) is 0 Å². The van der Waals surface area contributed by atoms with E-state index in [0.717, 1.165) is 4.90 Å². The molecule has 0 bridgehead atoms. The molecule has 1 rings (SSSR count). The number of hydrogen-bond donors (Lipinski definition) is 2. The first-order valence-electron chi connectivity index (χ1n) is 6.34. The van der Waals surface area contributed by atoms with E-state index in [2.05, 4.69) is 0 Å². The summed E-state index contributed by atoms with van der Waals surface area (Å²) < 4.78 is 12.4. The van der Waals surface area contributed by atoms with E-state index >= 15 is 0 Å². The first-order chi connectivity index (χ1) is 9.26. The van der Waals surface area contributed by atoms with Crippen molar-refractivity contribution in [2.45, 2.75) is 36.9 Å². The van der Waals surface area contributed by atoms with E-state index in [1.165, 1.54) is 18.7 Å². The maximum atomic E-state index is 12.4. The molecule has 2 N–H and O–H groups in total. The van der Waals surface area contributed by atoms with Crippen LogP contribution in [0.25, 0.3) is 0 Å². The Hall–Kier alpha value is -0.900. The molecule has 0 saturated heterocycles. The Balaban J connectivity index is 2.78. The fourth-order valence-corrected chi connectivity index (χ4v) is 5.56. The number of carboxylic acid groups (broad SMARTS) is 1. The summed E-state index contributed by atoms with van der Waals surface area (Å²) in [6.07, 6.45) is 0. The minimum atomic E-state index is -1.97. The van der Waals surface area contributed by atoms with Crippen LogP contribution in [0.2, 0.25) is 0 Å². The van der Waals surface area contributed by atoms with Crippen molar-refractivity contribution in [2.75, 3.05) is 5.49 Å². The number of thioether (sulfide) groups is 1. The molecule has 0 amide bonds. The molecule has 0 radical (unpaired) electrons. The summed E-state index contributed by atoms with van der Waals surface area (Å²) in [4.78, 5) is 12.1. The molecular weight excluding hydrogens is 295 g/mol. The van der Waals surface area contributed by atoms with Crippen LogP contribution < -0.4 is 0 Å². The number of carboxylic acids is 1. The Morgan fingerprint density at radius 3 is 2.35 bits per heavy atom. The van der Waals surface area contributed by atoms with Gasteiger partial charge in [0.05, 0.1) is 0 Å². The van der Waals surface area contributed by atoms with Gasteiger partial charge in [0.15, 0.2) is 11.2 Å². The molecule has 0 aliphatic carbocycles. The molecule has 4 nitrogen and oxygen atoms in total. The van der Waals surface area contributed by atoms with Gasteiger partial charge in [-0.1, -0.05) is 48.4 Å². The largest absolute Gasteiger partial charge is 0.479 e. The van der Waals surface area contributed by atoms with Gasteiger partial charge in [0.25, 0.3) is 0 Å². The van der Waals surface area contributed by atoms with Gasteiger partial charge in [-0.2, -0.15) is 0 Å². The predicted molar refractivity (Wildman–Crippen MR) is 81.7 cm³/mol. The van der Waals surface area contributed by atoms with Gasteiger partial charge in [0.2, 0.25) is 5.60 Å². The minimum absolute atomic E-state index is 0.180. The molecule has 0 aliphatic rings. The zero-order valence-corrected chi connectivity index (χ0v) is 13.5. The van der Waals surface area contributed by atoms with Crippen molar-refractivity contribution < 1.29 is 19.6 Å². The molecule has 6 heteroatoms. The van der Waals surface area contributed by atoms with E-state index in [-0.39, 0.29) is 5.92 Å². The molecule has 1 aromatic carbocycles. The van der Waals surface area contributed by atoms with Crippen LogP contribution in [0, 0.1) is 5.92 Å². The molecule has 0 aromatic heterocycles. The molecular formula is C14H20O4PS+. The molecule has 0 aliphatic heterocycles. The van der Waals surface area contributed by atoms with Crippen LogP contribution in [0.15, 0.2) is 35.2 Å². The van der Waals surface area contributed by atoms with Gasteiger partial charge in [-0.15, -0.1) is 0 Å². The van der Waals surface area contributed by atoms with Crippen LogP contribution in [0.5, 0.6) is 0 Å². The summed E-state index contributed by atoms with van der Waals surface area (Å²) in [5.74, 6) is -1.51. The van der Waals surface area contributed by atoms with E-state index < -0.39 is 25.0 Å². The third-order valence-corrected chi connectivity index (χ3v) is 6.91. The third-order valence-electron chi connectivity index (χ3n) is 3.05. The second kappa shape index (κ2) is 7.21. The van der Waals surface area contributed by atoms with Crippen molar-refractivity contribution >= 4 is 25.5 Å². The first kappa shape index (κ1) is 17.2. The predicted octanol–water partition coefficient (Wildman–Crippen LogP) is 3.42. The molecule has 3 atom stereocenters. The Labute approximate surface area is 124 Å². The molecule has 0 saturated carbocycles. The smallest absolute Gasteiger partial charge is 0.356 e. The van der Waals surface area contributed by atoms with Gasteiger partial charge < -0.3 is 10.2 Å². The lowest BCUT2D eigenvalue weighted by Gasteiger charge is -2.24. The third kappa shape index (κ3) is 4.30. The number of benzene rings is 1. The van der Waals surface area contributed by atoms with Crippen LogP contribution in [0.4, 0.5) is 0 Å². The number of carbonyl (C=O) groups is 1. The van der Waals surface area contributed by atoms with E-state index in [1.807, 2.05) is 30.3 Å². The highest BCUT2D eigenvalue weighted by Crippen LogP contribution is 2.44. The fourth-order valence-electron chi connectivity index (χ4n) is 2.12. The molecule has 1 aromatic rings. The summed E-state index contributed by atoms with van der Waals surface area (Å²) in [5.41, 5.74) is -2.45. The lowest BCUT2D eigenvalue weighted by atomic mass is 9.94. The lowest BCUT2D eigenvalue weighted by molar-refractivity contribution is -0.157. The number of aliphatic hydroxyl groups is 1. The van der Waals surface area contributed by atoms with E-state index in [0.29, 0.717) is 5.49 Å². The molecule has 110 valence electrons. The highest BCUT2D eigenvalue weighted by molar-refractivity contribution is 8.03. The van der Waals surface area contributed by atoms with Crippen molar-refractivity contribution in [1.82, 2.24) is 0 Å². The second-order valence-electron chi connectivity index (χ2n) is 5.15. The second-order valence-corrected chi connectivity index (χ2v) is 8.33. The summed E-state index contributed by atoms with van der Waals surface area (Å²) in [5, 5.41) is 19.2. The maximum absolute atomic E-state index is 12.4. The van der Waals surface area contributed by atoms with Gasteiger partial charge >= 0.3 is 13.8 Å². The first-order valence-corrected chi connectivity index (χ1v) is 8.84. The molecule has 3 unspecified atom stereocenters. The van der Waals surface area contributed by atoms with Gasteiger partial charge in [0, 0.05) is 10.8 Å². The monoisotopic (exact) mass is 315 g/mol. The van der Waals surface area contributed by atoms with Crippen LogP contribution >= 0.6 is 19.6 Å². The highest BCUT2D eigenvalue weighted by Gasteiger charge is 2.52. The Bertz CT molecular complexity index is 473. The van der Waals surface area contributed by atoms with Crippen LogP contribution in [0.1, 0.15) is 20.8 Å². The Kier molecular flexibility index (Phi) is 6.18. The van der Waals surface area contributed by atoms with Crippen molar-refractivity contribution in [3.05, 3.63) is 30.3 Å². The van der Waals surface area contributed by atoms with E-state index in [4.69, 9.17) is 5.11 Å². The fraction of sp³-hybridized carbons (Fsp3) is 0.500. The molecule has 0 spiro atoms. The lowest BCUT2D eigenvalue weighted by Crippen LogP contribution is -2.47. The van der Waals surface area contributed by atoms with Crippen molar-refractivity contribution in [1.29, 1.82) is 0 Å². The Morgan fingerprint density at radius 2 is 1.90 bits per heavy atom. The normalized spacial score (nSPS) is 16.6. The molecule has 0 fully saturated rings. The maximum Gasteiger partial charge on any atom is 0.356 e. The van der Waals surface area contributed by atoms with Gasteiger partial charge in [-0.25, -0.2) is 4.79 Å². The van der Waals surface area contributed by atoms with Crippen LogP contribution in [0.3, 0.4) is 0 Å². The summed E-state index contributed by atoms with van der Waals surface area (Å²) >= 11 is 1.41.